The first kappa shape index (κ1) is 9.71. The maximum absolute atomic E-state index is 2.34. The summed E-state index contributed by atoms with van der Waals surface area (Å²) >= 11 is 0. The molecule has 1 nitrogen and oxygen atoms in total. The number of aromatic nitrogens is 1. The largest absolute Gasteiger partial charge is 0.320 e. The quantitative estimate of drug-likeness (QED) is 0.534. The van der Waals surface area contributed by atoms with Crippen molar-refractivity contribution in [3.8, 4) is 5.69 Å². The molecule has 2 heterocycles. The van der Waals surface area contributed by atoms with Gasteiger partial charge in [-0.15, -0.1) is 0 Å². The Morgan fingerprint density at radius 2 is 1.81 bits per heavy atom. The lowest BCUT2D eigenvalue weighted by Gasteiger charge is -2.18. The molecule has 0 saturated carbocycles. The number of benzene rings is 1. The minimum Gasteiger partial charge on any atom is -0.320 e. The van der Waals surface area contributed by atoms with E-state index in [2.05, 4.69) is 61.9 Å². The zero-order valence-corrected chi connectivity index (χ0v) is 10.1. The Labute approximate surface area is 96.7 Å². The van der Waals surface area contributed by atoms with E-state index in [1.54, 1.807) is 0 Å². The lowest BCUT2D eigenvalue weighted by Crippen LogP contribution is -2.12. The van der Waals surface area contributed by atoms with Gasteiger partial charge in [-0.3, -0.25) is 0 Å². The average molecular weight is 211 g/mol. The van der Waals surface area contributed by atoms with Gasteiger partial charge in [-0.1, -0.05) is 39.0 Å². The minimum absolute atomic E-state index is 0.239. The van der Waals surface area contributed by atoms with Crippen LogP contribution in [-0.2, 0) is 11.8 Å². The summed E-state index contributed by atoms with van der Waals surface area (Å²) in [5, 5.41) is 0. The van der Waals surface area contributed by atoms with Gasteiger partial charge < -0.3 is 4.57 Å². The molecule has 1 aromatic carbocycles. The molecule has 1 heteroatoms. The van der Waals surface area contributed by atoms with Crippen LogP contribution in [0.15, 0.2) is 36.5 Å². The molecule has 1 aliphatic rings. The zero-order valence-electron chi connectivity index (χ0n) is 10.1. The second-order valence-electron chi connectivity index (χ2n) is 5.60. The van der Waals surface area contributed by atoms with Crippen molar-refractivity contribution in [3.05, 3.63) is 53.3 Å². The molecule has 2 aromatic rings. The van der Waals surface area contributed by atoms with Crippen molar-refractivity contribution in [2.75, 3.05) is 0 Å². The highest BCUT2D eigenvalue weighted by atomic mass is 15.0. The molecular formula is C15H17N. The third kappa shape index (κ3) is 1.24. The fourth-order valence-electron chi connectivity index (χ4n) is 2.63. The van der Waals surface area contributed by atoms with E-state index in [9.17, 15) is 0 Å². The second-order valence-corrected chi connectivity index (χ2v) is 5.60. The van der Waals surface area contributed by atoms with Crippen molar-refractivity contribution in [2.24, 2.45) is 0 Å². The Balaban J connectivity index is 2.19. The van der Waals surface area contributed by atoms with Gasteiger partial charge in [0.05, 0.1) is 0 Å². The first-order valence-electron chi connectivity index (χ1n) is 5.86. The van der Waals surface area contributed by atoms with E-state index in [0.29, 0.717) is 0 Å². The van der Waals surface area contributed by atoms with Crippen LogP contribution in [0.25, 0.3) is 5.69 Å². The van der Waals surface area contributed by atoms with E-state index in [-0.39, 0.29) is 5.41 Å². The molecule has 0 amide bonds. The Morgan fingerprint density at radius 3 is 2.56 bits per heavy atom. The highest BCUT2D eigenvalue weighted by Crippen LogP contribution is 2.35. The monoisotopic (exact) mass is 211 g/mol. The van der Waals surface area contributed by atoms with Gasteiger partial charge in [0.25, 0.3) is 0 Å². The van der Waals surface area contributed by atoms with Crippen LogP contribution in [0.1, 0.15) is 37.6 Å². The highest BCUT2D eigenvalue weighted by Gasteiger charge is 2.26. The molecule has 82 valence electrons. The molecule has 0 unspecified atom stereocenters. The number of rotatable bonds is 0. The average Bonchev–Trinajstić information content (AvgIpc) is 2.73. The topological polar surface area (TPSA) is 4.93 Å². The van der Waals surface area contributed by atoms with E-state index < -0.39 is 0 Å². The number of para-hydroxylation sites is 1. The smallest absolute Gasteiger partial charge is 0.0488 e. The van der Waals surface area contributed by atoms with Crippen LogP contribution in [-0.4, -0.2) is 4.57 Å². The van der Waals surface area contributed by atoms with Gasteiger partial charge in [-0.25, -0.2) is 0 Å². The van der Waals surface area contributed by atoms with Gasteiger partial charge in [0, 0.05) is 24.0 Å². The first-order chi connectivity index (χ1) is 7.57. The summed E-state index contributed by atoms with van der Waals surface area (Å²) < 4.78 is 2.34. The van der Waals surface area contributed by atoms with Crippen LogP contribution < -0.4 is 0 Å². The number of nitrogens with zero attached hydrogens (tertiary/aromatic N) is 1. The molecule has 0 spiro atoms. The van der Waals surface area contributed by atoms with Gasteiger partial charge in [0.2, 0.25) is 0 Å². The van der Waals surface area contributed by atoms with E-state index in [1.807, 2.05) is 0 Å². The van der Waals surface area contributed by atoms with E-state index in [0.717, 1.165) is 6.42 Å². The van der Waals surface area contributed by atoms with Crippen LogP contribution in [0.3, 0.4) is 0 Å². The third-order valence-corrected chi connectivity index (χ3v) is 3.41. The Bertz CT molecular complexity index is 541. The maximum Gasteiger partial charge on any atom is 0.0488 e. The minimum atomic E-state index is 0.239. The molecule has 0 fully saturated rings. The molecule has 0 bridgehead atoms. The number of hydrogen-bond donors (Lipinski definition) is 0. The van der Waals surface area contributed by atoms with Gasteiger partial charge in [0.15, 0.2) is 0 Å². The summed E-state index contributed by atoms with van der Waals surface area (Å²) in [6.45, 7) is 6.85. The molecule has 0 aliphatic carbocycles. The summed E-state index contributed by atoms with van der Waals surface area (Å²) in [5.74, 6) is 0. The van der Waals surface area contributed by atoms with Crippen LogP contribution in [0, 0.1) is 0 Å². The lowest BCUT2D eigenvalue weighted by atomic mass is 9.86. The van der Waals surface area contributed by atoms with Gasteiger partial charge in [-0.05, 0) is 28.7 Å². The maximum atomic E-state index is 2.34. The molecule has 0 radical (unpaired) electrons. The summed E-state index contributed by atoms with van der Waals surface area (Å²) in [4.78, 5) is 0. The van der Waals surface area contributed by atoms with Crippen LogP contribution >= 0.6 is 0 Å². The summed E-state index contributed by atoms with van der Waals surface area (Å²) in [6.07, 6.45) is 3.29. The molecule has 0 N–H and O–H groups in total. The molecule has 3 rings (SSSR count). The molecule has 0 atom stereocenters. The Hall–Kier alpha value is -1.50. The van der Waals surface area contributed by atoms with Crippen molar-refractivity contribution in [1.82, 2.24) is 4.57 Å². The molecular weight excluding hydrogens is 194 g/mol. The summed E-state index contributed by atoms with van der Waals surface area (Å²) in [7, 11) is 0. The fourth-order valence-corrected chi connectivity index (χ4v) is 2.63. The summed E-state index contributed by atoms with van der Waals surface area (Å²) in [6, 6.07) is 10.9. The van der Waals surface area contributed by atoms with E-state index in [1.165, 1.54) is 22.5 Å². The van der Waals surface area contributed by atoms with Crippen molar-refractivity contribution in [3.63, 3.8) is 0 Å². The Morgan fingerprint density at radius 1 is 1.06 bits per heavy atom. The second kappa shape index (κ2) is 3.00. The lowest BCUT2D eigenvalue weighted by molar-refractivity contribution is 0.584. The van der Waals surface area contributed by atoms with Gasteiger partial charge in [0.1, 0.15) is 0 Å². The van der Waals surface area contributed by atoms with Crippen LogP contribution in [0.2, 0.25) is 0 Å². The number of hydrogen-bond acceptors (Lipinski definition) is 0. The fraction of sp³-hybridized carbons (Fsp3) is 0.333. The van der Waals surface area contributed by atoms with Crippen molar-refractivity contribution in [1.29, 1.82) is 0 Å². The molecule has 1 aliphatic heterocycles. The van der Waals surface area contributed by atoms with Gasteiger partial charge >= 0.3 is 0 Å². The first-order valence-corrected chi connectivity index (χ1v) is 5.86. The molecule has 0 saturated heterocycles. The van der Waals surface area contributed by atoms with Crippen LogP contribution in [0.5, 0.6) is 0 Å². The number of fused-ring (bicyclic) bond motifs is 3. The predicted octanol–water partition coefficient (Wildman–Crippen LogP) is 3.68. The van der Waals surface area contributed by atoms with Crippen molar-refractivity contribution < 1.29 is 0 Å². The zero-order chi connectivity index (χ0) is 11.3. The summed E-state index contributed by atoms with van der Waals surface area (Å²) in [5.41, 5.74) is 5.98. The van der Waals surface area contributed by atoms with Crippen molar-refractivity contribution in [2.45, 2.75) is 32.6 Å². The molecule has 16 heavy (non-hydrogen) atoms. The SMILES string of the molecule is CC(C)(C)c1ccn2c1Cc1ccccc1-2. The molecule has 1 aromatic heterocycles. The third-order valence-electron chi connectivity index (χ3n) is 3.41. The Kier molecular flexibility index (Phi) is 1.82. The van der Waals surface area contributed by atoms with Crippen molar-refractivity contribution >= 4 is 0 Å². The normalized spacial score (nSPS) is 13.7. The van der Waals surface area contributed by atoms with E-state index in [4.69, 9.17) is 0 Å². The van der Waals surface area contributed by atoms with E-state index >= 15 is 0 Å². The van der Waals surface area contributed by atoms with Gasteiger partial charge in [-0.2, -0.15) is 0 Å². The standard InChI is InChI=1S/C15H17N/c1-15(2,3)12-8-9-16-13-7-5-4-6-11(13)10-14(12)16/h4-9H,10H2,1-3H3. The predicted molar refractivity (Wildman–Crippen MR) is 67.3 cm³/mol. The van der Waals surface area contributed by atoms with Crippen LogP contribution in [0.4, 0.5) is 0 Å². The highest BCUT2D eigenvalue weighted by molar-refractivity contribution is 5.53.